The monoisotopic (exact) mass is 278 g/mol. The van der Waals surface area contributed by atoms with Gasteiger partial charge in [0.2, 0.25) is 0 Å². The van der Waals surface area contributed by atoms with E-state index in [1.165, 1.54) is 0 Å². The summed E-state index contributed by atoms with van der Waals surface area (Å²) in [5.74, 6) is 0.785. The van der Waals surface area contributed by atoms with Crippen molar-refractivity contribution in [3.05, 3.63) is 30.1 Å². The summed E-state index contributed by atoms with van der Waals surface area (Å²) in [6, 6.07) is 5.35. The van der Waals surface area contributed by atoms with Crippen molar-refractivity contribution >= 4 is 17.7 Å². The third-order valence-electron chi connectivity index (χ3n) is 2.50. The van der Waals surface area contributed by atoms with Crippen LogP contribution in [0.15, 0.2) is 24.4 Å². The smallest absolute Gasteiger partial charge is 0.358 e. The van der Waals surface area contributed by atoms with Gasteiger partial charge in [-0.05, 0) is 17.9 Å². The van der Waals surface area contributed by atoms with Crippen molar-refractivity contribution in [2.24, 2.45) is 0 Å². The Morgan fingerprint density at radius 3 is 2.95 bits per heavy atom. The second-order valence-electron chi connectivity index (χ2n) is 3.73. The number of carbonyl (C=O) groups is 1. The molecule has 2 aromatic rings. The van der Waals surface area contributed by atoms with Crippen molar-refractivity contribution in [2.45, 2.75) is 13.5 Å². The highest BCUT2D eigenvalue weighted by molar-refractivity contribution is 7.99. The highest BCUT2D eigenvalue weighted by atomic mass is 32.2. The molecule has 100 valence electrons. The maximum atomic E-state index is 11.2. The highest BCUT2D eigenvalue weighted by Gasteiger charge is 2.21. The molecule has 2 heterocycles. The lowest BCUT2D eigenvalue weighted by molar-refractivity contribution is 0.0691. The number of aromatic nitrogens is 4. The molecule has 0 saturated carbocycles. The van der Waals surface area contributed by atoms with Crippen LogP contribution in [-0.2, 0) is 6.54 Å². The van der Waals surface area contributed by atoms with E-state index in [-0.39, 0.29) is 5.69 Å². The Balaban J connectivity index is 2.37. The Hall–Kier alpha value is -1.89. The molecular weight excluding hydrogens is 264 g/mol. The summed E-state index contributed by atoms with van der Waals surface area (Å²) in [7, 11) is 0. The second-order valence-corrected chi connectivity index (χ2v) is 5.12. The highest BCUT2D eigenvalue weighted by Crippen LogP contribution is 2.20. The molecule has 19 heavy (non-hydrogen) atoms. The number of carboxylic acids is 1. The average Bonchev–Trinajstić information content (AvgIpc) is 2.84. The van der Waals surface area contributed by atoms with Gasteiger partial charge in [-0.2, -0.15) is 11.8 Å². The predicted molar refractivity (Wildman–Crippen MR) is 73.2 cm³/mol. The maximum absolute atomic E-state index is 11.2. The van der Waals surface area contributed by atoms with Crippen LogP contribution in [0.1, 0.15) is 17.4 Å². The van der Waals surface area contributed by atoms with Crippen molar-refractivity contribution in [1.29, 1.82) is 0 Å². The van der Waals surface area contributed by atoms with Gasteiger partial charge in [-0.1, -0.05) is 18.2 Å². The molecule has 0 aliphatic heterocycles. The molecule has 7 heteroatoms. The Morgan fingerprint density at radius 1 is 1.47 bits per heavy atom. The summed E-state index contributed by atoms with van der Waals surface area (Å²) in [6.45, 7) is 2.69. The molecule has 0 unspecified atom stereocenters. The summed E-state index contributed by atoms with van der Waals surface area (Å²) in [6.07, 6.45) is 1.62. The quantitative estimate of drug-likeness (QED) is 0.811. The number of nitrogens with zero attached hydrogens (tertiary/aromatic N) is 4. The van der Waals surface area contributed by atoms with Gasteiger partial charge in [0.15, 0.2) is 5.69 Å². The van der Waals surface area contributed by atoms with Gasteiger partial charge in [-0.3, -0.25) is 4.98 Å². The fourth-order valence-electron chi connectivity index (χ4n) is 1.67. The van der Waals surface area contributed by atoms with Crippen molar-refractivity contribution < 1.29 is 9.90 Å². The molecule has 0 saturated heterocycles. The van der Waals surface area contributed by atoms with Gasteiger partial charge in [0.25, 0.3) is 0 Å². The third-order valence-corrected chi connectivity index (χ3v) is 3.38. The minimum Gasteiger partial charge on any atom is -0.476 e. The number of aryl methyl sites for hydroxylation is 1. The van der Waals surface area contributed by atoms with Crippen molar-refractivity contribution in [3.8, 4) is 11.4 Å². The van der Waals surface area contributed by atoms with Gasteiger partial charge in [0.05, 0.1) is 12.2 Å². The molecule has 0 amide bonds. The fourth-order valence-corrected chi connectivity index (χ4v) is 2.26. The number of aromatic carboxylic acids is 1. The zero-order chi connectivity index (χ0) is 13.7. The Bertz CT molecular complexity index is 556. The largest absolute Gasteiger partial charge is 0.476 e. The number of hydrogen-bond donors (Lipinski definition) is 1. The van der Waals surface area contributed by atoms with E-state index in [1.54, 1.807) is 34.8 Å². The first-order valence-corrected chi connectivity index (χ1v) is 7.05. The third kappa shape index (κ3) is 3.11. The van der Waals surface area contributed by atoms with Crippen LogP contribution in [0.4, 0.5) is 0 Å². The first-order valence-electron chi connectivity index (χ1n) is 5.90. The lowest BCUT2D eigenvalue weighted by Gasteiger charge is -2.05. The minimum atomic E-state index is -1.09. The number of carboxylic acid groups (broad SMARTS) is 1. The van der Waals surface area contributed by atoms with Crippen LogP contribution in [0, 0.1) is 0 Å². The number of hydrogen-bond acceptors (Lipinski definition) is 5. The topological polar surface area (TPSA) is 80.9 Å². The van der Waals surface area contributed by atoms with E-state index in [1.807, 2.05) is 6.07 Å². The first kappa shape index (κ1) is 13.5. The number of rotatable bonds is 6. The zero-order valence-corrected chi connectivity index (χ0v) is 11.3. The van der Waals surface area contributed by atoms with E-state index in [4.69, 9.17) is 5.11 Å². The molecule has 0 aliphatic rings. The summed E-state index contributed by atoms with van der Waals surface area (Å²) in [5, 5.41) is 16.8. The summed E-state index contributed by atoms with van der Waals surface area (Å²) in [5.41, 5.74) is 0.983. The SMILES string of the molecule is CCSCCn1nnc(C(=O)O)c1-c1ccccn1. The van der Waals surface area contributed by atoms with Crippen LogP contribution >= 0.6 is 11.8 Å². The van der Waals surface area contributed by atoms with E-state index in [0.717, 1.165) is 11.5 Å². The van der Waals surface area contributed by atoms with Crippen LogP contribution in [0.3, 0.4) is 0 Å². The zero-order valence-electron chi connectivity index (χ0n) is 10.5. The Morgan fingerprint density at radius 2 is 2.32 bits per heavy atom. The van der Waals surface area contributed by atoms with Gasteiger partial charge in [0, 0.05) is 11.9 Å². The van der Waals surface area contributed by atoms with Crippen LogP contribution < -0.4 is 0 Å². The Kier molecular flexibility index (Phi) is 4.51. The number of thioether (sulfide) groups is 1. The molecule has 2 aromatic heterocycles. The molecule has 0 aliphatic carbocycles. The fraction of sp³-hybridized carbons (Fsp3) is 0.333. The first-order chi connectivity index (χ1) is 9.24. The lowest BCUT2D eigenvalue weighted by atomic mass is 10.2. The maximum Gasteiger partial charge on any atom is 0.358 e. The van der Waals surface area contributed by atoms with Gasteiger partial charge in [-0.15, -0.1) is 5.10 Å². The molecular formula is C12H14N4O2S. The summed E-state index contributed by atoms with van der Waals surface area (Å²) < 4.78 is 1.61. The molecule has 0 fully saturated rings. The van der Waals surface area contributed by atoms with Crippen LogP contribution in [-0.4, -0.2) is 42.6 Å². The standard InChI is InChI=1S/C12H14N4O2S/c1-2-19-8-7-16-11(9-5-3-4-6-13-9)10(12(17)18)14-15-16/h3-6H,2,7-8H2,1H3,(H,17,18). The normalized spacial score (nSPS) is 10.6. The van der Waals surface area contributed by atoms with Crippen molar-refractivity contribution in [3.63, 3.8) is 0 Å². The molecule has 0 spiro atoms. The molecule has 0 aromatic carbocycles. The van der Waals surface area contributed by atoms with Crippen molar-refractivity contribution in [1.82, 2.24) is 20.0 Å². The second kappa shape index (κ2) is 6.33. The van der Waals surface area contributed by atoms with Crippen molar-refractivity contribution in [2.75, 3.05) is 11.5 Å². The van der Waals surface area contributed by atoms with E-state index in [0.29, 0.717) is 17.9 Å². The molecule has 0 atom stereocenters. The van der Waals surface area contributed by atoms with Crippen LogP contribution in [0.5, 0.6) is 0 Å². The van der Waals surface area contributed by atoms with Gasteiger partial charge in [0.1, 0.15) is 5.69 Å². The van der Waals surface area contributed by atoms with Crippen LogP contribution in [0.2, 0.25) is 0 Å². The molecule has 0 radical (unpaired) electrons. The average molecular weight is 278 g/mol. The predicted octanol–water partition coefficient (Wildman–Crippen LogP) is 1.79. The van der Waals surface area contributed by atoms with E-state index in [2.05, 4.69) is 22.2 Å². The summed E-state index contributed by atoms with van der Waals surface area (Å²) >= 11 is 1.77. The Labute approximate surface area is 114 Å². The molecule has 2 rings (SSSR count). The summed E-state index contributed by atoms with van der Waals surface area (Å²) in [4.78, 5) is 15.4. The van der Waals surface area contributed by atoms with Gasteiger partial charge < -0.3 is 5.11 Å². The molecule has 1 N–H and O–H groups in total. The van der Waals surface area contributed by atoms with E-state index < -0.39 is 5.97 Å². The molecule has 6 nitrogen and oxygen atoms in total. The van der Waals surface area contributed by atoms with E-state index in [9.17, 15) is 4.79 Å². The number of pyridine rings is 1. The van der Waals surface area contributed by atoms with Gasteiger partial charge in [-0.25, -0.2) is 9.48 Å². The van der Waals surface area contributed by atoms with E-state index >= 15 is 0 Å². The lowest BCUT2D eigenvalue weighted by Crippen LogP contribution is -2.07. The van der Waals surface area contributed by atoms with Gasteiger partial charge >= 0.3 is 5.97 Å². The van der Waals surface area contributed by atoms with Crippen LogP contribution in [0.25, 0.3) is 11.4 Å². The molecule has 0 bridgehead atoms. The minimum absolute atomic E-state index is 0.0554.